The molecule has 1 aromatic carbocycles. The summed E-state index contributed by atoms with van der Waals surface area (Å²) in [5.74, 6) is 2.63. The van der Waals surface area contributed by atoms with Gasteiger partial charge < -0.3 is 14.6 Å². The van der Waals surface area contributed by atoms with Crippen LogP contribution >= 0.6 is 0 Å². The summed E-state index contributed by atoms with van der Waals surface area (Å²) >= 11 is 0. The molecule has 3 rings (SSSR count). The van der Waals surface area contributed by atoms with E-state index in [0.717, 1.165) is 43.9 Å². The first-order valence-electron chi connectivity index (χ1n) is 12.2. The van der Waals surface area contributed by atoms with Gasteiger partial charge in [0.05, 0.1) is 28.9 Å². The van der Waals surface area contributed by atoms with Gasteiger partial charge >= 0.3 is 0 Å². The number of fused-ring (bicyclic) bond motifs is 3. The van der Waals surface area contributed by atoms with Gasteiger partial charge in [-0.05, 0) is 54.4 Å². The Morgan fingerprint density at radius 2 is 1.84 bits per heavy atom. The van der Waals surface area contributed by atoms with Gasteiger partial charge in [0.1, 0.15) is 31.4 Å². The van der Waals surface area contributed by atoms with Crippen molar-refractivity contribution >= 4 is 47.1 Å². The molecule has 0 spiro atoms. The molecule has 2 aliphatic heterocycles. The number of hydrogen-bond acceptors (Lipinski definition) is 4. The maximum Gasteiger partial charge on any atom is 0.161 e. The predicted molar refractivity (Wildman–Crippen MR) is 146 cm³/mol. The van der Waals surface area contributed by atoms with Crippen LogP contribution in [-0.2, 0) is 6.42 Å². The molecule has 0 amide bonds. The maximum atomic E-state index is 10.9. The van der Waals surface area contributed by atoms with Gasteiger partial charge in [-0.1, -0.05) is 19.1 Å². The minimum absolute atomic E-state index is 0.00359. The van der Waals surface area contributed by atoms with Gasteiger partial charge in [-0.2, -0.15) is 0 Å². The molecule has 4 nitrogen and oxygen atoms in total. The highest BCUT2D eigenvalue weighted by Crippen LogP contribution is 2.46. The lowest BCUT2D eigenvalue weighted by Gasteiger charge is -2.47. The minimum atomic E-state index is -0.339. The normalized spacial score (nSPS) is 24.6. The number of aliphatic hydroxyl groups excluding tert-OH is 1. The van der Waals surface area contributed by atoms with Gasteiger partial charge in [-0.25, -0.2) is 0 Å². The monoisotopic (exact) mass is 419 g/mol. The van der Waals surface area contributed by atoms with E-state index in [1.807, 2.05) is 0 Å². The summed E-state index contributed by atoms with van der Waals surface area (Å²) in [6.07, 6.45) is 2.68. The molecule has 0 bridgehead atoms. The molecule has 1 N–H and O–H groups in total. The van der Waals surface area contributed by atoms with Crippen molar-refractivity contribution in [1.29, 1.82) is 0 Å². The molecule has 1 saturated heterocycles. The van der Waals surface area contributed by atoms with Crippen LogP contribution in [0.5, 0.6) is 11.5 Å². The molecule has 2 heterocycles. The second-order valence-corrected chi connectivity index (χ2v) is 11.6. The average molecular weight is 418 g/mol. The van der Waals surface area contributed by atoms with E-state index >= 15 is 0 Å². The molecule has 31 heavy (non-hydrogen) atoms. The Morgan fingerprint density at radius 1 is 1.16 bits per heavy atom. The Hall–Kier alpha value is -0.870. The zero-order valence-electron chi connectivity index (χ0n) is 21.3. The van der Waals surface area contributed by atoms with E-state index in [2.05, 4.69) is 78.0 Å². The summed E-state index contributed by atoms with van der Waals surface area (Å²) in [5, 5.41) is 10.5. The molecule has 164 valence electrons. The third-order valence-electron chi connectivity index (χ3n) is 8.51. The maximum absolute atomic E-state index is 10.9. The number of piperidine rings is 1. The number of ether oxygens (including phenoxy) is 2. The zero-order valence-corrected chi connectivity index (χ0v) is 21.3. The minimum Gasteiger partial charge on any atom is -0.502 e. The summed E-state index contributed by atoms with van der Waals surface area (Å²) in [6.45, 7) is 6.53. The zero-order chi connectivity index (χ0) is 23.1. The SMILES string of the molecule is BC(B)C(B)(B)C(B)(B)Oc1cc2c(cc1OC)[C@H]1C[C@@H](O)[C@H](CC(C)C)CN1CC2. The second-order valence-electron chi connectivity index (χ2n) is 11.6. The van der Waals surface area contributed by atoms with Crippen molar-refractivity contribution in [1.82, 2.24) is 4.90 Å². The standard InChI is InChI=1S/C21H39B6NO3/c1-11(2)6-13-10-28-5-4-12-7-18(31-21(26,27)20(24,25)19(22)23)17(30-3)8-14(12)15(28)9-16(13)29/h7-8,11,13,15-16,19,29H,4-6,9-10,22-27H2,1-3H3/t13-,15-,16-/m1/s1. The summed E-state index contributed by atoms with van der Waals surface area (Å²) in [7, 11) is 15.1. The van der Waals surface area contributed by atoms with Crippen LogP contribution in [-0.4, -0.2) is 88.8 Å². The van der Waals surface area contributed by atoms with Crippen molar-refractivity contribution in [2.75, 3.05) is 20.2 Å². The summed E-state index contributed by atoms with van der Waals surface area (Å²) in [6, 6.07) is 4.65. The highest BCUT2D eigenvalue weighted by Gasteiger charge is 2.42. The van der Waals surface area contributed by atoms with Crippen molar-refractivity contribution in [3.8, 4) is 11.5 Å². The highest BCUT2D eigenvalue weighted by atomic mass is 16.5. The Morgan fingerprint density at radius 3 is 2.42 bits per heavy atom. The van der Waals surface area contributed by atoms with Crippen LogP contribution in [0.15, 0.2) is 12.1 Å². The van der Waals surface area contributed by atoms with E-state index in [0.29, 0.717) is 17.6 Å². The van der Waals surface area contributed by atoms with Gasteiger partial charge in [0, 0.05) is 24.5 Å². The van der Waals surface area contributed by atoms with Crippen LogP contribution < -0.4 is 9.47 Å². The number of hydrogen-bond donors (Lipinski definition) is 1. The molecule has 1 fully saturated rings. The smallest absolute Gasteiger partial charge is 0.161 e. The van der Waals surface area contributed by atoms with E-state index in [1.165, 1.54) is 11.1 Å². The Bertz CT molecular complexity index is 789. The Balaban J connectivity index is 1.89. The molecule has 0 radical (unpaired) electrons. The molecule has 0 saturated carbocycles. The van der Waals surface area contributed by atoms with Crippen LogP contribution in [0.1, 0.15) is 43.9 Å². The van der Waals surface area contributed by atoms with E-state index in [4.69, 9.17) is 9.47 Å². The van der Waals surface area contributed by atoms with Crippen LogP contribution in [0.4, 0.5) is 0 Å². The molecule has 2 aliphatic rings. The van der Waals surface area contributed by atoms with Crippen molar-refractivity contribution in [2.45, 2.75) is 61.6 Å². The van der Waals surface area contributed by atoms with E-state index in [1.54, 1.807) is 7.11 Å². The van der Waals surface area contributed by atoms with Crippen LogP contribution in [0.2, 0.25) is 10.9 Å². The fourth-order valence-corrected chi connectivity index (χ4v) is 5.28. The first-order chi connectivity index (χ1) is 14.4. The third-order valence-corrected chi connectivity index (χ3v) is 8.51. The van der Waals surface area contributed by atoms with Crippen molar-refractivity contribution in [3.05, 3.63) is 23.3 Å². The lowest BCUT2D eigenvalue weighted by molar-refractivity contribution is -0.0192. The van der Waals surface area contributed by atoms with Crippen molar-refractivity contribution < 1.29 is 14.6 Å². The number of rotatable bonds is 7. The summed E-state index contributed by atoms with van der Waals surface area (Å²) in [5.41, 5.74) is 3.13. The first kappa shape index (κ1) is 24.8. The van der Waals surface area contributed by atoms with Crippen molar-refractivity contribution in [2.24, 2.45) is 11.8 Å². The first-order valence-corrected chi connectivity index (χ1v) is 12.2. The summed E-state index contributed by atoms with van der Waals surface area (Å²) in [4.78, 5) is 2.58. The Labute approximate surface area is 195 Å². The number of benzene rings is 1. The summed E-state index contributed by atoms with van der Waals surface area (Å²) < 4.78 is 12.5. The molecule has 1 aromatic rings. The average Bonchev–Trinajstić information content (AvgIpc) is 2.67. The molecular weight excluding hydrogens is 379 g/mol. The molecule has 3 atom stereocenters. The lowest BCUT2D eigenvalue weighted by atomic mass is 9.26. The van der Waals surface area contributed by atoms with Crippen molar-refractivity contribution in [3.63, 3.8) is 0 Å². The highest BCUT2D eigenvalue weighted by molar-refractivity contribution is 6.59. The van der Waals surface area contributed by atoms with E-state index in [-0.39, 0.29) is 22.8 Å². The van der Waals surface area contributed by atoms with Gasteiger partial charge in [0.2, 0.25) is 0 Å². The molecular formula is C21H39B6NO3. The van der Waals surface area contributed by atoms with Gasteiger partial charge in [0.25, 0.3) is 0 Å². The van der Waals surface area contributed by atoms with E-state index in [9.17, 15) is 5.11 Å². The number of aliphatic hydroxyl groups is 1. The predicted octanol–water partition coefficient (Wildman–Crippen LogP) is -2.29. The molecule has 0 aliphatic carbocycles. The lowest BCUT2D eigenvalue weighted by Crippen LogP contribution is -2.52. The van der Waals surface area contributed by atoms with Crippen LogP contribution in [0.3, 0.4) is 0 Å². The quantitative estimate of drug-likeness (QED) is 0.507. The van der Waals surface area contributed by atoms with E-state index < -0.39 is 0 Å². The van der Waals surface area contributed by atoms with Crippen LogP contribution in [0, 0.1) is 11.8 Å². The number of methoxy groups -OCH3 is 1. The second kappa shape index (κ2) is 9.17. The molecule has 0 aromatic heterocycles. The molecule has 0 unspecified atom stereocenters. The fraction of sp³-hybridized carbons (Fsp3) is 0.714. The van der Waals surface area contributed by atoms with Gasteiger partial charge in [-0.3, -0.25) is 4.90 Å². The third kappa shape index (κ3) is 4.90. The van der Waals surface area contributed by atoms with Gasteiger partial charge in [0.15, 0.2) is 11.5 Å². The molecule has 10 heteroatoms. The van der Waals surface area contributed by atoms with Gasteiger partial charge in [-0.15, -0.1) is 5.72 Å². The largest absolute Gasteiger partial charge is 0.502 e. The van der Waals surface area contributed by atoms with Crippen LogP contribution in [0.25, 0.3) is 0 Å². The number of nitrogens with zero attached hydrogens (tertiary/aromatic N) is 1. The Kier molecular flexibility index (Phi) is 7.33. The topological polar surface area (TPSA) is 41.9 Å². The fourth-order valence-electron chi connectivity index (χ4n) is 5.28.